The van der Waals surface area contributed by atoms with E-state index in [1.165, 1.54) is 17.7 Å². The van der Waals surface area contributed by atoms with Crippen molar-refractivity contribution in [1.82, 2.24) is 15.5 Å². The molecule has 0 saturated heterocycles. The number of benzene rings is 2. The molecule has 0 aliphatic heterocycles. The summed E-state index contributed by atoms with van der Waals surface area (Å²) in [6.45, 7) is 4.07. The van der Waals surface area contributed by atoms with Crippen molar-refractivity contribution in [3.8, 4) is 0 Å². The van der Waals surface area contributed by atoms with Crippen LogP contribution in [0, 0.1) is 5.82 Å². The van der Waals surface area contributed by atoms with Gasteiger partial charge in [-0.1, -0.05) is 42.5 Å². The molecule has 0 aliphatic rings. The van der Waals surface area contributed by atoms with Crippen LogP contribution in [-0.2, 0) is 6.54 Å². The Morgan fingerprint density at radius 1 is 1.04 bits per heavy atom. The highest BCUT2D eigenvalue weighted by Crippen LogP contribution is 2.16. The zero-order valence-electron chi connectivity index (χ0n) is 15.6. The summed E-state index contributed by atoms with van der Waals surface area (Å²) in [5, 5.41) is 6.66. The standard InChI is InChI=1S/C20H27FN4.HI/c1-4-22-20(23-14-16-10-12-18(21)13-11-16)24-15-19(25(2)3)17-8-6-5-7-9-17;/h5-13,19H,4,14-15H2,1-3H3,(H2,22,23,24);1H. The third-order valence-corrected chi connectivity index (χ3v) is 3.95. The van der Waals surface area contributed by atoms with Crippen molar-refractivity contribution in [3.63, 3.8) is 0 Å². The highest BCUT2D eigenvalue weighted by atomic mass is 127. The molecule has 6 heteroatoms. The summed E-state index contributed by atoms with van der Waals surface area (Å²) in [6.07, 6.45) is 0. The summed E-state index contributed by atoms with van der Waals surface area (Å²) in [5.41, 5.74) is 2.24. The molecule has 4 nitrogen and oxygen atoms in total. The largest absolute Gasteiger partial charge is 0.357 e. The van der Waals surface area contributed by atoms with E-state index in [-0.39, 0.29) is 35.8 Å². The summed E-state index contributed by atoms with van der Waals surface area (Å²) >= 11 is 0. The number of rotatable bonds is 7. The molecule has 0 radical (unpaired) electrons. The minimum Gasteiger partial charge on any atom is -0.357 e. The van der Waals surface area contributed by atoms with Crippen LogP contribution in [0.4, 0.5) is 4.39 Å². The van der Waals surface area contributed by atoms with Crippen LogP contribution in [0.5, 0.6) is 0 Å². The van der Waals surface area contributed by atoms with Crippen molar-refractivity contribution in [2.24, 2.45) is 4.99 Å². The summed E-state index contributed by atoms with van der Waals surface area (Å²) in [6, 6.07) is 17.1. The van der Waals surface area contributed by atoms with E-state index in [2.05, 4.69) is 58.9 Å². The van der Waals surface area contributed by atoms with Gasteiger partial charge >= 0.3 is 0 Å². The number of aliphatic imine (C=N–C) groups is 1. The summed E-state index contributed by atoms with van der Waals surface area (Å²) in [4.78, 5) is 6.78. The van der Waals surface area contributed by atoms with Crippen LogP contribution in [-0.4, -0.2) is 38.0 Å². The second-order valence-electron chi connectivity index (χ2n) is 6.09. The van der Waals surface area contributed by atoms with Gasteiger partial charge in [0.05, 0.1) is 12.6 Å². The molecule has 0 bridgehead atoms. The molecule has 142 valence electrons. The zero-order valence-corrected chi connectivity index (χ0v) is 17.9. The van der Waals surface area contributed by atoms with E-state index < -0.39 is 0 Å². The molecule has 2 aromatic carbocycles. The fraction of sp³-hybridized carbons (Fsp3) is 0.350. The number of nitrogens with one attached hydrogen (secondary N) is 2. The van der Waals surface area contributed by atoms with Crippen LogP contribution >= 0.6 is 24.0 Å². The molecule has 26 heavy (non-hydrogen) atoms. The maximum Gasteiger partial charge on any atom is 0.191 e. The molecule has 0 heterocycles. The second-order valence-corrected chi connectivity index (χ2v) is 6.09. The molecule has 1 atom stereocenters. The Kier molecular flexibility index (Phi) is 10.2. The van der Waals surface area contributed by atoms with E-state index in [1.807, 2.05) is 13.0 Å². The van der Waals surface area contributed by atoms with Crippen LogP contribution in [0.15, 0.2) is 59.6 Å². The lowest BCUT2D eigenvalue weighted by atomic mass is 10.1. The van der Waals surface area contributed by atoms with Gasteiger partial charge < -0.3 is 15.5 Å². The SMILES string of the molecule is CCNC(=NCc1ccc(F)cc1)NCC(c1ccccc1)N(C)C.I. The molecule has 0 aromatic heterocycles. The van der Waals surface area contributed by atoms with Gasteiger partial charge in [0.2, 0.25) is 0 Å². The van der Waals surface area contributed by atoms with Crippen LogP contribution in [0.2, 0.25) is 0 Å². The van der Waals surface area contributed by atoms with Gasteiger partial charge in [-0.15, -0.1) is 24.0 Å². The van der Waals surface area contributed by atoms with Crippen molar-refractivity contribution < 1.29 is 4.39 Å². The van der Waals surface area contributed by atoms with E-state index >= 15 is 0 Å². The average Bonchev–Trinajstić information content (AvgIpc) is 2.61. The Morgan fingerprint density at radius 3 is 2.27 bits per heavy atom. The first kappa shape index (κ1) is 22.4. The molecule has 2 rings (SSSR count). The lowest BCUT2D eigenvalue weighted by Gasteiger charge is -2.26. The van der Waals surface area contributed by atoms with Gasteiger partial charge in [0.25, 0.3) is 0 Å². The highest BCUT2D eigenvalue weighted by molar-refractivity contribution is 14.0. The van der Waals surface area contributed by atoms with Gasteiger partial charge in [-0.2, -0.15) is 0 Å². The number of guanidine groups is 1. The van der Waals surface area contributed by atoms with E-state index in [0.29, 0.717) is 6.54 Å². The summed E-state index contributed by atoms with van der Waals surface area (Å²) < 4.78 is 13.0. The Morgan fingerprint density at radius 2 is 1.69 bits per heavy atom. The normalized spacial score (nSPS) is 12.4. The minimum atomic E-state index is -0.227. The number of nitrogens with zero attached hydrogens (tertiary/aromatic N) is 2. The number of halogens is 2. The fourth-order valence-electron chi connectivity index (χ4n) is 2.57. The van der Waals surface area contributed by atoms with Gasteiger partial charge in [0.1, 0.15) is 5.82 Å². The number of hydrogen-bond donors (Lipinski definition) is 2. The van der Waals surface area contributed by atoms with Crippen LogP contribution in [0.1, 0.15) is 24.1 Å². The average molecular weight is 470 g/mol. The Balaban J connectivity index is 0.00000338. The number of hydrogen-bond acceptors (Lipinski definition) is 2. The first-order valence-electron chi connectivity index (χ1n) is 8.58. The Bertz CT molecular complexity index is 659. The monoisotopic (exact) mass is 470 g/mol. The molecule has 0 saturated carbocycles. The van der Waals surface area contributed by atoms with E-state index in [9.17, 15) is 4.39 Å². The predicted octanol–water partition coefficient (Wildman–Crippen LogP) is 3.80. The summed E-state index contributed by atoms with van der Waals surface area (Å²) in [7, 11) is 4.14. The van der Waals surface area contributed by atoms with Crippen LogP contribution < -0.4 is 10.6 Å². The maximum absolute atomic E-state index is 13.0. The van der Waals surface area contributed by atoms with Gasteiger partial charge in [-0.05, 0) is 44.3 Å². The molecule has 0 aliphatic carbocycles. The predicted molar refractivity (Wildman–Crippen MR) is 118 cm³/mol. The van der Waals surface area contributed by atoms with Crippen molar-refractivity contribution in [3.05, 3.63) is 71.5 Å². The molecular weight excluding hydrogens is 442 g/mol. The van der Waals surface area contributed by atoms with Crippen molar-refractivity contribution in [1.29, 1.82) is 0 Å². The first-order valence-corrected chi connectivity index (χ1v) is 8.58. The third kappa shape index (κ3) is 7.29. The Labute approximate surface area is 172 Å². The molecule has 0 amide bonds. The van der Waals surface area contributed by atoms with Crippen molar-refractivity contribution in [2.75, 3.05) is 27.2 Å². The molecule has 0 fully saturated rings. The topological polar surface area (TPSA) is 39.7 Å². The van der Waals surface area contributed by atoms with Crippen molar-refractivity contribution in [2.45, 2.75) is 19.5 Å². The molecular formula is C20H28FIN4. The smallest absolute Gasteiger partial charge is 0.191 e. The van der Waals surface area contributed by atoms with E-state index in [4.69, 9.17) is 0 Å². The lowest BCUT2D eigenvalue weighted by molar-refractivity contribution is 0.298. The summed E-state index contributed by atoms with van der Waals surface area (Å²) in [5.74, 6) is 0.532. The lowest BCUT2D eigenvalue weighted by Crippen LogP contribution is -2.41. The third-order valence-electron chi connectivity index (χ3n) is 3.95. The van der Waals surface area contributed by atoms with Gasteiger partial charge in [0, 0.05) is 13.1 Å². The molecule has 2 N–H and O–H groups in total. The van der Waals surface area contributed by atoms with E-state index in [0.717, 1.165) is 24.6 Å². The van der Waals surface area contributed by atoms with Gasteiger partial charge in [-0.3, -0.25) is 0 Å². The van der Waals surface area contributed by atoms with E-state index in [1.54, 1.807) is 12.1 Å². The highest BCUT2D eigenvalue weighted by Gasteiger charge is 2.14. The molecule has 2 aromatic rings. The fourth-order valence-corrected chi connectivity index (χ4v) is 2.57. The maximum atomic E-state index is 13.0. The van der Waals surface area contributed by atoms with Crippen LogP contribution in [0.3, 0.4) is 0 Å². The zero-order chi connectivity index (χ0) is 18.1. The second kappa shape index (κ2) is 11.9. The molecule has 0 spiro atoms. The quantitative estimate of drug-likeness (QED) is 0.368. The van der Waals surface area contributed by atoms with Crippen molar-refractivity contribution >= 4 is 29.9 Å². The Hall–Kier alpha value is -1.67. The van der Waals surface area contributed by atoms with Gasteiger partial charge in [-0.25, -0.2) is 9.38 Å². The first-order chi connectivity index (χ1) is 12.1. The van der Waals surface area contributed by atoms with Gasteiger partial charge in [0.15, 0.2) is 5.96 Å². The van der Waals surface area contributed by atoms with Crippen LogP contribution in [0.25, 0.3) is 0 Å². The molecule has 1 unspecified atom stereocenters. The number of likely N-dealkylation sites (N-methyl/N-ethyl adjacent to an activating group) is 1. The minimum absolute atomic E-state index is 0.